The minimum Gasteiger partial charge on any atom is -0.478 e. The number of rotatable bonds is 4. The number of halogens is 1. The first-order valence-electron chi connectivity index (χ1n) is 3.76. The zero-order chi connectivity index (χ0) is 11.5. The molecule has 0 aliphatic carbocycles. The number of aromatic carboxylic acids is 1. The van der Waals surface area contributed by atoms with E-state index in [0.29, 0.717) is 0 Å². The van der Waals surface area contributed by atoms with Gasteiger partial charge in [-0.25, -0.2) is 4.79 Å². The average Bonchev–Trinajstić information content (AvgIpc) is 2.18. The van der Waals surface area contributed by atoms with E-state index in [1.165, 1.54) is 24.3 Å². The summed E-state index contributed by atoms with van der Waals surface area (Å²) in [6.07, 6.45) is 0. The van der Waals surface area contributed by atoms with Crippen LogP contribution in [0.4, 0.5) is 0 Å². The molecule has 1 aromatic carbocycles. The van der Waals surface area contributed by atoms with Gasteiger partial charge in [0, 0.05) is 0 Å². The molecule has 0 fully saturated rings. The summed E-state index contributed by atoms with van der Waals surface area (Å²) in [6, 6.07) is 4.96. The van der Waals surface area contributed by atoms with Gasteiger partial charge in [0.05, 0.1) is 5.56 Å². The average molecular weight is 251 g/mol. The number of hydrogen-bond acceptors (Lipinski definition) is 4. The van der Waals surface area contributed by atoms with Crippen LogP contribution in [0, 0.1) is 0 Å². The van der Waals surface area contributed by atoms with Crippen molar-refractivity contribution in [3.8, 4) is 5.75 Å². The lowest BCUT2D eigenvalue weighted by atomic mass is 10.2. The van der Waals surface area contributed by atoms with E-state index in [2.05, 4.69) is 4.18 Å². The van der Waals surface area contributed by atoms with Crippen molar-refractivity contribution in [2.75, 3.05) is 5.21 Å². The van der Waals surface area contributed by atoms with Gasteiger partial charge in [0.2, 0.25) is 0 Å². The lowest BCUT2D eigenvalue weighted by molar-refractivity contribution is 0.0697. The number of benzene rings is 1. The van der Waals surface area contributed by atoms with Gasteiger partial charge in [-0.2, -0.15) is 8.42 Å². The summed E-state index contributed by atoms with van der Waals surface area (Å²) < 4.78 is 26.4. The van der Waals surface area contributed by atoms with E-state index in [4.69, 9.17) is 16.7 Å². The van der Waals surface area contributed by atoms with Crippen molar-refractivity contribution in [2.24, 2.45) is 0 Å². The van der Waals surface area contributed by atoms with Crippen molar-refractivity contribution < 1.29 is 22.5 Å². The predicted molar refractivity (Wildman–Crippen MR) is 53.7 cm³/mol. The maximum atomic E-state index is 10.9. The quantitative estimate of drug-likeness (QED) is 0.643. The van der Waals surface area contributed by atoms with Crippen molar-refractivity contribution in [2.45, 2.75) is 0 Å². The predicted octanol–water partition coefficient (Wildman–Crippen LogP) is 1.29. The van der Waals surface area contributed by atoms with E-state index < -0.39 is 21.3 Å². The number of hydrogen-bond donors (Lipinski definition) is 1. The normalized spacial score (nSPS) is 11.0. The second kappa shape index (κ2) is 4.50. The van der Waals surface area contributed by atoms with Crippen LogP contribution >= 0.6 is 11.6 Å². The minimum atomic E-state index is -3.79. The lowest BCUT2D eigenvalue weighted by Gasteiger charge is -2.03. The van der Waals surface area contributed by atoms with Crippen molar-refractivity contribution in [3.05, 3.63) is 29.8 Å². The van der Waals surface area contributed by atoms with Gasteiger partial charge >= 0.3 is 16.1 Å². The summed E-state index contributed by atoms with van der Waals surface area (Å²) in [4.78, 5) is 10.5. The highest BCUT2D eigenvalue weighted by molar-refractivity contribution is 7.88. The Morgan fingerprint density at radius 3 is 2.27 bits per heavy atom. The second-order valence-corrected chi connectivity index (χ2v) is 4.73. The Morgan fingerprint density at radius 2 is 1.87 bits per heavy atom. The van der Waals surface area contributed by atoms with Crippen LogP contribution in [0.1, 0.15) is 10.4 Å². The molecule has 1 N–H and O–H groups in total. The van der Waals surface area contributed by atoms with E-state index in [1.807, 2.05) is 0 Å². The lowest BCUT2D eigenvalue weighted by Crippen LogP contribution is -2.10. The Labute approximate surface area is 91.4 Å². The Kier molecular flexibility index (Phi) is 3.54. The monoisotopic (exact) mass is 250 g/mol. The molecule has 0 spiro atoms. The molecule has 0 amide bonds. The van der Waals surface area contributed by atoms with Gasteiger partial charge in [0.15, 0.2) is 5.21 Å². The SMILES string of the molecule is O=C(O)c1ccc(OS(=O)(=O)CCl)cc1. The zero-order valence-electron chi connectivity index (χ0n) is 7.38. The molecule has 0 aliphatic rings. The minimum absolute atomic E-state index is 0.0284. The van der Waals surface area contributed by atoms with Gasteiger partial charge in [-0.15, -0.1) is 11.6 Å². The van der Waals surface area contributed by atoms with Gasteiger partial charge in [0.1, 0.15) is 5.75 Å². The standard InChI is InChI=1S/C8H7ClO5S/c9-5-15(12,13)14-7-3-1-6(2-4-7)8(10)11/h1-4H,5H2,(H,10,11). The van der Waals surface area contributed by atoms with Gasteiger partial charge < -0.3 is 9.29 Å². The van der Waals surface area contributed by atoms with E-state index in [9.17, 15) is 13.2 Å². The van der Waals surface area contributed by atoms with Crippen LogP contribution in [0.25, 0.3) is 0 Å². The van der Waals surface area contributed by atoms with Crippen LogP contribution in [0.5, 0.6) is 5.75 Å². The third-order valence-electron chi connectivity index (χ3n) is 1.46. The Morgan fingerprint density at radius 1 is 1.33 bits per heavy atom. The molecule has 15 heavy (non-hydrogen) atoms. The van der Waals surface area contributed by atoms with Crippen molar-refractivity contribution in [1.82, 2.24) is 0 Å². The van der Waals surface area contributed by atoms with Crippen LogP contribution in [0.15, 0.2) is 24.3 Å². The highest BCUT2D eigenvalue weighted by atomic mass is 35.5. The van der Waals surface area contributed by atoms with E-state index >= 15 is 0 Å². The van der Waals surface area contributed by atoms with Crippen LogP contribution < -0.4 is 4.18 Å². The van der Waals surface area contributed by atoms with Crippen molar-refractivity contribution in [3.63, 3.8) is 0 Å². The molecular formula is C8H7ClO5S. The topological polar surface area (TPSA) is 80.7 Å². The fourth-order valence-corrected chi connectivity index (χ4v) is 1.40. The molecule has 0 unspecified atom stereocenters. The number of alkyl halides is 1. The fourth-order valence-electron chi connectivity index (χ4n) is 0.822. The molecule has 0 atom stereocenters. The zero-order valence-corrected chi connectivity index (χ0v) is 8.96. The number of carbonyl (C=O) groups is 1. The molecule has 1 aromatic rings. The Bertz CT molecular complexity index is 450. The second-order valence-electron chi connectivity index (χ2n) is 2.58. The number of carboxylic acids is 1. The van der Waals surface area contributed by atoms with E-state index in [1.54, 1.807) is 0 Å². The maximum Gasteiger partial charge on any atom is 0.335 e. The highest BCUT2D eigenvalue weighted by Crippen LogP contribution is 2.14. The van der Waals surface area contributed by atoms with Crippen LogP contribution in [0.2, 0.25) is 0 Å². The molecule has 0 bridgehead atoms. The summed E-state index contributed by atoms with van der Waals surface area (Å²) in [5, 5.41) is 7.92. The highest BCUT2D eigenvalue weighted by Gasteiger charge is 2.11. The summed E-state index contributed by atoms with van der Waals surface area (Å²) in [6.45, 7) is 0. The molecule has 82 valence electrons. The van der Waals surface area contributed by atoms with Gasteiger partial charge in [0.25, 0.3) is 0 Å². The first-order chi connectivity index (χ1) is 6.94. The molecule has 1 rings (SSSR count). The van der Waals surface area contributed by atoms with Crippen LogP contribution in [-0.4, -0.2) is 24.7 Å². The molecular weight excluding hydrogens is 244 g/mol. The van der Waals surface area contributed by atoms with Crippen molar-refractivity contribution in [1.29, 1.82) is 0 Å². The third kappa shape index (κ3) is 3.41. The maximum absolute atomic E-state index is 10.9. The van der Waals surface area contributed by atoms with Gasteiger partial charge in [-0.3, -0.25) is 0 Å². The Hall–Kier alpha value is -1.27. The molecule has 0 aliphatic heterocycles. The largest absolute Gasteiger partial charge is 0.478 e. The fraction of sp³-hybridized carbons (Fsp3) is 0.125. The van der Waals surface area contributed by atoms with Crippen LogP contribution in [-0.2, 0) is 10.1 Å². The first kappa shape index (κ1) is 11.8. The number of carboxylic acid groups (broad SMARTS) is 1. The molecule has 0 radical (unpaired) electrons. The summed E-state index contributed by atoms with van der Waals surface area (Å²) in [7, 11) is -3.79. The first-order valence-corrected chi connectivity index (χ1v) is 5.87. The van der Waals surface area contributed by atoms with Crippen molar-refractivity contribution >= 4 is 27.7 Å². The summed E-state index contributed by atoms with van der Waals surface area (Å²) in [5.41, 5.74) is 0.0469. The Balaban J connectivity index is 2.86. The van der Waals surface area contributed by atoms with E-state index in [0.717, 1.165) is 0 Å². The molecule has 5 nitrogen and oxygen atoms in total. The van der Waals surface area contributed by atoms with Gasteiger partial charge in [-0.1, -0.05) is 0 Å². The van der Waals surface area contributed by atoms with Gasteiger partial charge in [-0.05, 0) is 24.3 Å². The smallest absolute Gasteiger partial charge is 0.335 e. The molecule has 0 heterocycles. The third-order valence-corrected chi connectivity index (χ3v) is 2.97. The molecule has 0 saturated heterocycles. The summed E-state index contributed by atoms with van der Waals surface area (Å²) >= 11 is 5.12. The van der Waals surface area contributed by atoms with Crippen LogP contribution in [0.3, 0.4) is 0 Å². The molecule has 0 saturated carbocycles. The molecule has 0 aromatic heterocycles. The van der Waals surface area contributed by atoms with E-state index in [-0.39, 0.29) is 11.3 Å². The summed E-state index contributed by atoms with van der Waals surface area (Å²) in [5.74, 6) is -1.07. The molecule has 7 heteroatoms.